The highest BCUT2D eigenvalue weighted by Gasteiger charge is 2.36. The maximum Gasteiger partial charge on any atom is 0.252 e. The first-order valence-electron chi connectivity index (χ1n) is 13.2. The van der Waals surface area contributed by atoms with Crippen molar-refractivity contribution in [1.82, 2.24) is 24.1 Å². The molecule has 10 heteroatoms. The van der Waals surface area contributed by atoms with E-state index in [0.29, 0.717) is 29.7 Å². The van der Waals surface area contributed by atoms with Crippen LogP contribution in [0.2, 0.25) is 0 Å². The van der Waals surface area contributed by atoms with E-state index in [-0.39, 0.29) is 42.3 Å². The van der Waals surface area contributed by atoms with Gasteiger partial charge in [0.05, 0.1) is 23.5 Å². The molecule has 3 aromatic rings. The zero-order valence-electron chi connectivity index (χ0n) is 23.1. The van der Waals surface area contributed by atoms with Gasteiger partial charge < -0.3 is 14.4 Å². The summed E-state index contributed by atoms with van der Waals surface area (Å²) in [5.74, 6) is -1.04. The van der Waals surface area contributed by atoms with E-state index >= 15 is 0 Å². The third-order valence-electron chi connectivity index (χ3n) is 7.78. The van der Waals surface area contributed by atoms with E-state index in [1.807, 2.05) is 6.92 Å². The second-order valence-electron chi connectivity index (χ2n) is 10.5. The Balaban J connectivity index is 1.69. The van der Waals surface area contributed by atoms with Gasteiger partial charge in [-0.15, -0.1) is 0 Å². The number of rotatable bonds is 8. The van der Waals surface area contributed by atoms with Crippen LogP contribution in [0.3, 0.4) is 0 Å². The summed E-state index contributed by atoms with van der Waals surface area (Å²) in [6.45, 7) is 7.85. The molecule has 0 spiro atoms. The molecule has 0 N–H and O–H groups in total. The monoisotopic (exact) mass is 525 g/mol. The largest absolute Gasteiger partial charge is 0.364 e. The molecule has 1 saturated heterocycles. The SMILES string of the molecule is CC[C@H]1CN([C@H](C)c2cc(F)c(CN(C)C)c(F)c2)[C@H](CC)CN1c1cc(=O)n(C)c2cn(CC#N)nc12. The first kappa shape index (κ1) is 27.7. The molecule has 3 atom stereocenters. The Hall–Kier alpha value is -3.29. The number of hydrogen-bond acceptors (Lipinski definition) is 6. The number of halogens is 2. The highest BCUT2D eigenvalue weighted by Crippen LogP contribution is 2.35. The smallest absolute Gasteiger partial charge is 0.252 e. The standard InChI is InChI=1S/C28H37F2N7O/c1-7-20-15-37(25-13-27(38)34(6)26-17-35(10-9-31)32-28(25)26)21(8-2)14-36(20)18(3)19-11-23(29)22(16-33(4)5)24(30)12-19/h11-13,17-18,20-21H,7-8,10,14-16H2,1-6H3/t18-,20-,21+/m1/s1. The molecule has 0 bridgehead atoms. The van der Waals surface area contributed by atoms with Crippen molar-refractivity contribution in [2.45, 2.75) is 64.8 Å². The van der Waals surface area contributed by atoms with E-state index in [4.69, 9.17) is 5.26 Å². The van der Waals surface area contributed by atoms with Gasteiger partial charge in [-0.1, -0.05) is 13.8 Å². The third-order valence-corrected chi connectivity index (χ3v) is 7.78. The minimum Gasteiger partial charge on any atom is -0.364 e. The molecule has 0 aliphatic carbocycles. The van der Waals surface area contributed by atoms with E-state index in [2.05, 4.69) is 34.8 Å². The lowest BCUT2D eigenvalue weighted by molar-refractivity contribution is 0.101. The molecule has 4 rings (SSSR count). The summed E-state index contributed by atoms with van der Waals surface area (Å²) in [5, 5.41) is 13.8. The van der Waals surface area contributed by atoms with Gasteiger partial charge in [-0.05, 0) is 51.6 Å². The molecular formula is C28H37F2N7O. The topological polar surface area (TPSA) is 73.3 Å². The van der Waals surface area contributed by atoms with Crippen LogP contribution in [0, 0.1) is 23.0 Å². The molecule has 3 heterocycles. The average Bonchev–Trinajstić information content (AvgIpc) is 3.31. The van der Waals surface area contributed by atoms with E-state index in [1.54, 1.807) is 47.6 Å². The van der Waals surface area contributed by atoms with Crippen molar-refractivity contribution in [2.24, 2.45) is 7.05 Å². The molecule has 1 fully saturated rings. The van der Waals surface area contributed by atoms with Crippen LogP contribution in [0.5, 0.6) is 0 Å². The van der Waals surface area contributed by atoms with Crippen LogP contribution < -0.4 is 10.5 Å². The van der Waals surface area contributed by atoms with Gasteiger partial charge in [-0.2, -0.15) is 10.4 Å². The van der Waals surface area contributed by atoms with Gasteiger partial charge >= 0.3 is 0 Å². The van der Waals surface area contributed by atoms with Crippen molar-refractivity contribution in [2.75, 3.05) is 32.1 Å². The van der Waals surface area contributed by atoms with Crippen LogP contribution in [-0.4, -0.2) is 63.4 Å². The Labute approximate surface area is 222 Å². The predicted molar refractivity (Wildman–Crippen MR) is 145 cm³/mol. The van der Waals surface area contributed by atoms with E-state index < -0.39 is 11.6 Å². The Bertz CT molecular complexity index is 1380. The Morgan fingerprint density at radius 3 is 2.37 bits per heavy atom. The fourth-order valence-corrected chi connectivity index (χ4v) is 5.59. The van der Waals surface area contributed by atoms with Crippen molar-refractivity contribution < 1.29 is 8.78 Å². The van der Waals surface area contributed by atoms with Crippen LogP contribution in [0.15, 0.2) is 29.2 Å². The second-order valence-corrected chi connectivity index (χ2v) is 10.5. The highest BCUT2D eigenvalue weighted by atomic mass is 19.1. The number of piperazine rings is 1. The quantitative estimate of drug-likeness (QED) is 0.442. The number of fused-ring (bicyclic) bond motifs is 1. The molecule has 0 unspecified atom stereocenters. The van der Waals surface area contributed by atoms with E-state index in [1.165, 1.54) is 12.1 Å². The van der Waals surface area contributed by atoms with Gasteiger partial charge in [0, 0.05) is 56.4 Å². The Kier molecular flexibility index (Phi) is 8.19. The average molecular weight is 526 g/mol. The molecule has 0 saturated carbocycles. The van der Waals surface area contributed by atoms with Crippen LogP contribution in [-0.2, 0) is 20.1 Å². The minimum atomic E-state index is -0.519. The third kappa shape index (κ3) is 5.18. The summed E-state index contributed by atoms with van der Waals surface area (Å²) < 4.78 is 33.0. The lowest BCUT2D eigenvalue weighted by atomic mass is 9.95. The second kappa shape index (κ2) is 11.2. The van der Waals surface area contributed by atoms with Crippen molar-refractivity contribution in [3.05, 3.63) is 57.5 Å². The fraction of sp³-hybridized carbons (Fsp3) is 0.536. The lowest BCUT2D eigenvalue weighted by Gasteiger charge is -2.49. The van der Waals surface area contributed by atoms with Gasteiger partial charge in [0.15, 0.2) is 0 Å². The number of nitrogens with zero attached hydrogens (tertiary/aromatic N) is 7. The van der Waals surface area contributed by atoms with E-state index in [0.717, 1.165) is 18.5 Å². The molecule has 2 aromatic heterocycles. The van der Waals surface area contributed by atoms with Crippen molar-refractivity contribution >= 4 is 16.7 Å². The molecule has 1 aliphatic rings. The number of benzene rings is 1. The van der Waals surface area contributed by atoms with Gasteiger partial charge in [-0.3, -0.25) is 14.4 Å². The molecule has 1 aromatic carbocycles. The van der Waals surface area contributed by atoms with Crippen molar-refractivity contribution in [1.29, 1.82) is 5.26 Å². The maximum atomic E-state index is 14.9. The van der Waals surface area contributed by atoms with Crippen LogP contribution >= 0.6 is 0 Å². The molecule has 1 aliphatic heterocycles. The van der Waals surface area contributed by atoms with Gasteiger partial charge in [0.2, 0.25) is 0 Å². The predicted octanol–water partition coefficient (Wildman–Crippen LogP) is 4.04. The zero-order valence-corrected chi connectivity index (χ0v) is 23.1. The van der Waals surface area contributed by atoms with Gasteiger partial charge in [0.1, 0.15) is 23.7 Å². The summed E-state index contributed by atoms with van der Waals surface area (Å²) in [4.78, 5) is 19.2. The molecular weight excluding hydrogens is 488 g/mol. The number of hydrogen-bond donors (Lipinski definition) is 0. The minimum absolute atomic E-state index is 0.0689. The van der Waals surface area contributed by atoms with Crippen molar-refractivity contribution in [3.63, 3.8) is 0 Å². The summed E-state index contributed by atoms with van der Waals surface area (Å²) in [5.41, 5.74) is 2.72. The molecule has 38 heavy (non-hydrogen) atoms. The number of anilines is 1. The Morgan fingerprint density at radius 1 is 1.13 bits per heavy atom. The first-order chi connectivity index (χ1) is 18.1. The zero-order chi connectivity index (χ0) is 27.7. The maximum absolute atomic E-state index is 14.9. The Morgan fingerprint density at radius 2 is 1.79 bits per heavy atom. The molecule has 204 valence electrons. The fourth-order valence-electron chi connectivity index (χ4n) is 5.59. The molecule has 8 nitrogen and oxygen atoms in total. The lowest BCUT2D eigenvalue weighted by Crippen LogP contribution is -2.58. The number of aryl methyl sites for hydroxylation is 1. The van der Waals surface area contributed by atoms with Crippen LogP contribution in [0.1, 0.15) is 50.8 Å². The van der Waals surface area contributed by atoms with Crippen LogP contribution in [0.4, 0.5) is 14.5 Å². The summed E-state index contributed by atoms with van der Waals surface area (Å²) in [7, 11) is 5.28. The molecule has 0 radical (unpaired) electrons. The van der Waals surface area contributed by atoms with Crippen LogP contribution in [0.25, 0.3) is 11.0 Å². The van der Waals surface area contributed by atoms with Gasteiger partial charge in [0.25, 0.3) is 5.56 Å². The van der Waals surface area contributed by atoms with Crippen molar-refractivity contribution in [3.8, 4) is 6.07 Å². The summed E-state index contributed by atoms with van der Waals surface area (Å²) >= 11 is 0. The summed E-state index contributed by atoms with van der Waals surface area (Å²) in [6, 6.07) is 6.66. The van der Waals surface area contributed by atoms with Gasteiger partial charge in [-0.25, -0.2) is 8.78 Å². The number of nitriles is 1. The molecule has 0 amide bonds. The van der Waals surface area contributed by atoms with E-state index in [9.17, 15) is 13.6 Å². The summed E-state index contributed by atoms with van der Waals surface area (Å²) in [6.07, 6.45) is 3.39. The normalized spacial score (nSPS) is 19.3. The highest BCUT2D eigenvalue weighted by molar-refractivity contribution is 5.88. The first-order valence-corrected chi connectivity index (χ1v) is 13.2. The number of pyridine rings is 1. The number of aromatic nitrogens is 3.